The van der Waals surface area contributed by atoms with E-state index in [4.69, 9.17) is 9.47 Å². The van der Waals surface area contributed by atoms with E-state index in [0.29, 0.717) is 41.5 Å². The van der Waals surface area contributed by atoms with Crippen molar-refractivity contribution < 1.29 is 23.5 Å². The Hall–Kier alpha value is -3.87. The second-order valence-electron chi connectivity index (χ2n) is 10.0. The minimum absolute atomic E-state index is 0.343. The van der Waals surface area contributed by atoms with Gasteiger partial charge in [0.15, 0.2) is 11.5 Å². The lowest BCUT2D eigenvalue weighted by atomic mass is 9.98. The predicted molar refractivity (Wildman–Crippen MR) is 137 cm³/mol. The normalized spacial score (nSPS) is 13.6. The van der Waals surface area contributed by atoms with Gasteiger partial charge in [0.1, 0.15) is 25.1 Å². The van der Waals surface area contributed by atoms with Crippen molar-refractivity contribution in [2.45, 2.75) is 46.2 Å². The monoisotopic (exact) mass is 490 g/mol. The number of amides is 2. The second-order valence-corrected chi connectivity index (χ2v) is 10.0. The lowest BCUT2D eigenvalue weighted by Crippen LogP contribution is -2.49. The van der Waals surface area contributed by atoms with Crippen LogP contribution in [0.2, 0.25) is 0 Å². The number of aryl methyl sites for hydroxylation is 2. The molecule has 0 saturated heterocycles. The minimum atomic E-state index is -1.05. The summed E-state index contributed by atoms with van der Waals surface area (Å²) in [7, 11) is 0. The Bertz CT molecular complexity index is 1280. The maximum Gasteiger partial charge on any atom is 0.259 e. The second kappa shape index (κ2) is 10.0. The summed E-state index contributed by atoms with van der Waals surface area (Å²) in [5.74, 6) is -0.146. The Morgan fingerprint density at radius 1 is 0.917 bits per heavy atom. The van der Waals surface area contributed by atoms with Crippen LogP contribution in [0.25, 0.3) is 0 Å². The number of hydrogen-bond acceptors (Lipinski definition) is 4. The molecule has 188 valence electrons. The summed E-state index contributed by atoms with van der Waals surface area (Å²) in [5.41, 5.74) is 2.63. The first kappa shape index (κ1) is 25.2. The molecule has 0 unspecified atom stereocenters. The van der Waals surface area contributed by atoms with E-state index in [-0.39, 0.29) is 11.8 Å². The molecule has 6 nitrogen and oxygen atoms in total. The van der Waals surface area contributed by atoms with Gasteiger partial charge >= 0.3 is 0 Å². The van der Waals surface area contributed by atoms with Crippen LogP contribution < -0.4 is 19.7 Å². The van der Waals surface area contributed by atoms with Crippen molar-refractivity contribution in [2.75, 3.05) is 18.1 Å². The Morgan fingerprint density at radius 3 is 2.25 bits per heavy atom. The van der Waals surface area contributed by atoms with Crippen molar-refractivity contribution in [1.82, 2.24) is 5.32 Å². The fraction of sp³-hybridized carbons (Fsp3) is 0.310. The highest BCUT2D eigenvalue weighted by Gasteiger charge is 2.36. The van der Waals surface area contributed by atoms with E-state index in [1.165, 1.54) is 29.2 Å². The van der Waals surface area contributed by atoms with E-state index in [9.17, 15) is 14.0 Å². The maximum absolute atomic E-state index is 14.2. The Balaban J connectivity index is 1.90. The molecule has 3 aromatic carbocycles. The van der Waals surface area contributed by atoms with E-state index >= 15 is 0 Å². The molecule has 0 fully saturated rings. The highest BCUT2D eigenvalue weighted by molar-refractivity contribution is 6.11. The number of fused-ring (bicyclic) bond motifs is 1. The van der Waals surface area contributed by atoms with Gasteiger partial charge in [-0.05, 0) is 87.7 Å². The molecule has 1 atom stereocenters. The third-order valence-electron chi connectivity index (χ3n) is 5.82. The topological polar surface area (TPSA) is 67.9 Å². The quantitative estimate of drug-likeness (QED) is 0.512. The first-order valence-corrected chi connectivity index (χ1v) is 11.9. The zero-order valence-corrected chi connectivity index (χ0v) is 21.2. The number of benzene rings is 3. The number of ether oxygens (including phenoxy) is 2. The smallest absolute Gasteiger partial charge is 0.259 e. The van der Waals surface area contributed by atoms with E-state index < -0.39 is 17.4 Å². The molecule has 7 heteroatoms. The molecular weight excluding hydrogens is 459 g/mol. The third-order valence-corrected chi connectivity index (χ3v) is 5.82. The van der Waals surface area contributed by atoms with Crippen LogP contribution in [0.15, 0.2) is 60.7 Å². The van der Waals surface area contributed by atoms with Crippen molar-refractivity contribution in [3.05, 3.63) is 88.7 Å². The van der Waals surface area contributed by atoms with Gasteiger partial charge in [0.2, 0.25) is 5.91 Å². The summed E-state index contributed by atoms with van der Waals surface area (Å²) in [4.78, 5) is 29.5. The maximum atomic E-state index is 14.2. The van der Waals surface area contributed by atoms with Gasteiger partial charge in [-0.25, -0.2) is 4.39 Å². The zero-order chi connectivity index (χ0) is 26.0. The number of anilines is 1. The zero-order valence-electron chi connectivity index (χ0n) is 21.2. The van der Waals surface area contributed by atoms with Gasteiger partial charge in [0.05, 0.1) is 0 Å². The first-order chi connectivity index (χ1) is 17.0. The lowest BCUT2D eigenvalue weighted by molar-refractivity contribution is -0.123. The standard InChI is InChI=1S/C29H31FN2O4/c1-18-6-7-19(2)23(16-18)32(28(34)21-10-13-24-25(17-21)36-15-14-35-24)26(27(33)31-29(3,4)5)20-8-11-22(30)12-9-20/h6-13,16-17,26H,14-15H2,1-5H3,(H,31,33)/t26-/m0/s1. The molecule has 0 aliphatic carbocycles. The summed E-state index contributed by atoms with van der Waals surface area (Å²) >= 11 is 0. The molecule has 1 aliphatic rings. The molecule has 1 aliphatic heterocycles. The summed E-state index contributed by atoms with van der Waals surface area (Å²) < 4.78 is 25.1. The van der Waals surface area contributed by atoms with Crippen molar-refractivity contribution in [1.29, 1.82) is 0 Å². The molecule has 2 amide bonds. The molecular formula is C29H31FN2O4. The Kier molecular flexibility index (Phi) is 7.02. The first-order valence-electron chi connectivity index (χ1n) is 11.9. The van der Waals surface area contributed by atoms with E-state index in [1.54, 1.807) is 18.2 Å². The summed E-state index contributed by atoms with van der Waals surface area (Å²) in [6.07, 6.45) is 0. The predicted octanol–water partition coefficient (Wildman–Crippen LogP) is 5.52. The van der Waals surface area contributed by atoms with Crippen LogP contribution in [0.4, 0.5) is 10.1 Å². The third kappa shape index (κ3) is 5.51. The average Bonchev–Trinajstić information content (AvgIpc) is 2.83. The van der Waals surface area contributed by atoms with Crippen LogP contribution in [-0.4, -0.2) is 30.6 Å². The van der Waals surface area contributed by atoms with Crippen LogP contribution in [-0.2, 0) is 4.79 Å². The van der Waals surface area contributed by atoms with Gasteiger partial charge in [-0.3, -0.25) is 14.5 Å². The van der Waals surface area contributed by atoms with Crippen LogP contribution >= 0.6 is 0 Å². The summed E-state index contributed by atoms with van der Waals surface area (Å²) in [6, 6.07) is 15.4. The van der Waals surface area contributed by atoms with Gasteiger partial charge in [0.25, 0.3) is 5.91 Å². The molecule has 1 heterocycles. The molecule has 0 aromatic heterocycles. The van der Waals surface area contributed by atoms with E-state index in [1.807, 2.05) is 52.8 Å². The molecule has 3 aromatic rings. The Morgan fingerprint density at radius 2 is 1.58 bits per heavy atom. The Labute approximate surface area is 211 Å². The fourth-order valence-corrected chi connectivity index (χ4v) is 4.16. The van der Waals surface area contributed by atoms with Gasteiger partial charge in [0, 0.05) is 16.8 Å². The van der Waals surface area contributed by atoms with Gasteiger partial charge in [-0.15, -0.1) is 0 Å². The molecule has 0 bridgehead atoms. The molecule has 4 rings (SSSR count). The van der Waals surface area contributed by atoms with Gasteiger partial charge in [-0.2, -0.15) is 0 Å². The number of carbonyl (C=O) groups excluding carboxylic acids is 2. The molecule has 0 radical (unpaired) electrons. The van der Waals surface area contributed by atoms with Gasteiger partial charge < -0.3 is 14.8 Å². The molecule has 0 spiro atoms. The summed E-state index contributed by atoms with van der Waals surface area (Å²) in [5, 5.41) is 3.00. The number of carbonyl (C=O) groups is 2. The minimum Gasteiger partial charge on any atom is -0.486 e. The number of halogens is 1. The molecule has 0 saturated carbocycles. The van der Waals surface area contributed by atoms with Crippen LogP contribution in [0.5, 0.6) is 11.5 Å². The highest BCUT2D eigenvalue weighted by atomic mass is 19.1. The van der Waals surface area contributed by atoms with Crippen molar-refractivity contribution in [2.24, 2.45) is 0 Å². The largest absolute Gasteiger partial charge is 0.486 e. The van der Waals surface area contributed by atoms with E-state index in [2.05, 4.69) is 5.32 Å². The average molecular weight is 491 g/mol. The molecule has 1 N–H and O–H groups in total. The highest BCUT2D eigenvalue weighted by Crippen LogP contribution is 2.36. The van der Waals surface area contributed by atoms with Crippen molar-refractivity contribution in [3.8, 4) is 11.5 Å². The fourth-order valence-electron chi connectivity index (χ4n) is 4.16. The van der Waals surface area contributed by atoms with Gasteiger partial charge in [-0.1, -0.05) is 24.3 Å². The van der Waals surface area contributed by atoms with Crippen molar-refractivity contribution in [3.63, 3.8) is 0 Å². The number of nitrogens with one attached hydrogen (secondary N) is 1. The van der Waals surface area contributed by atoms with Crippen LogP contribution in [0.3, 0.4) is 0 Å². The molecule has 36 heavy (non-hydrogen) atoms. The summed E-state index contributed by atoms with van der Waals surface area (Å²) in [6.45, 7) is 10.3. The van der Waals surface area contributed by atoms with Crippen LogP contribution in [0.1, 0.15) is 53.9 Å². The lowest BCUT2D eigenvalue weighted by Gasteiger charge is -2.35. The van der Waals surface area contributed by atoms with Crippen molar-refractivity contribution >= 4 is 17.5 Å². The van der Waals surface area contributed by atoms with Crippen LogP contribution in [0, 0.1) is 19.7 Å². The number of nitrogens with zero attached hydrogens (tertiary/aromatic N) is 1. The van der Waals surface area contributed by atoms with E-state index in [0.717, 1.165) is 11.1 Å². The number of hydrogen-bond donors (Lipinski definition) is 1. The number of rotatable bonds is 5. The SMILES string of the molecule is Cc1ccc(C)c(N(C(=O)c2ccc3c(c2)OCCO3)[C@H](C(=O)NC(C)(C)C)c2ccc(F)cc2)c1.